The molecule has 2 rings (SSSR count). The number of amides is 1. The number of nitrogens with one attached hydrogen (secondary N) is 1. The first-order valence-electron chi connectivity index (χ1n) is 6.30. The summed E-state index contributed by atoms with van der Waals surface area (Å²) in [6, 6.07) is 3.34. The summed E-state index contributed by atoms with van der Waals surface area (Å²) in [7, 11) is 1.73. The molecule has 1 aromatic rings. The minimum Gasteiger partial charge on any atom is -0.480 e. The summed E-state index contributed by atoms with van der Waals surface area (Å²) in [5.41, 5.74) is 0. The Morgan fingerprint density at radius 1 is 1.58 bits per heavy atom. The van der Waals surface area contributed by atoms with Gasteiger partial charge in [0, 0.05) is 11.9 Å². The number of rotatable bonds is 7. The van der Waals surface area contributed by atoms with Gasteiger partial charge in [-0.1, -0.05) is 6.07 Å². The van der Waals surface area contributed by atoms with Crippen LogP contribution in [0.3, 0.4) is 0 Å². The second-order valence-corrected chi connectivity index (χ2v) is 5.90. The number of hydrogen-bond donors (Lipinski definition) is 2. The van der Waals surface area contributed by atoms with Crippen LogP contribution in [0.4, 0.5) is 0 Å². The van der Waals surface area contributed by atoms with Crippen LogP contribution in [-0.2, 0) is 16.1 Å². The van der Waals surface area contributed by atoms with E-state index < -0.39 is 12.0 Å². The van der Waals surface area contributed by atoms with Crippen molar-refractivity contribution in [2.45, 2.75) is 25.4 Å². The summed E-state index contributed by atoms with van der Waals surface area (Å²) < 4.78 is 0. The van der Waals surface area contributed by atoms with Crippen LogP contribution in [0.15, 0.2) is 17.5 Å². The molecule has 0 bridgehead atoms. The van der Waals surface area contributed by atoms with Gasteiger partial charge in [-0.15, -0.1) is 11.3 Å². The maximum absolute atomic E-state index is 11.9. The molecule has 1 aliphatic rings. The Labute approximate surface area is 116 Å². The highest BCUT2D eigenvalue weighted by Crippen LogP contribution is 2.32. The number of carboxylic acid groups (broad SMARTS) is 1. The van der Waals surface area contributed by atoms with Gasteiger partial charge in [-0.2, -0.15) is 0 Å². The molecule has 1 amide bonds. The fourth-order valence-corrected chi connectivity index (χ4v) is 2.70. The summed E-state index contributed by atoms with van der Waals surface area (Å²) in [5.74, 6) is -0.760. The van der Waals surface area contributed by atoms with Crippen molar-refractivity contribution < 1.29 is 14.7 Å². The Balaban J connectivity index is 1.78. The summed E-state index contributed by atoms with van der Waals surface area (Å²) >= 11 is 1.60. The summed E-state index contributed by atoms with van der Waals surface area (Å²) in [6.07, 6.45) is 1.87. The maximum atomic E-state index is 11.9. The molecule has 1 unspecified atom stereocenters. The molecule has 1 aromatic heterocycles. The lowest BCUT2D eigenvalue weighted by atomic mass is 10.2. The van der Waals surface area contributed by atoms with E-state index in [1.165, 1.54) is 0 Å². The molecule has 0 aromatic carbocycles. The molecular weight excluding hydrogens is 264 g/mol. The van der Waals surface area contributed by atoms with E-state index in [2.05, 4.69) is 5.32 Å². The molecule has 0 saturated heterocycles. The number of carbonyl (C=O) groups excluding carboxylic acids is 1. The predicted molar refractivity (Wildman–Crippen MR) is 72.9 cm³/mol. The lowest BCUT2D eigenvalue weighted by molar-refractivity contribution is -0.140. The molecule has 6 heteroatoms. The van der Waals surface area contributed by atoms with Crippen LogP contribution >= 0.6 is 11.3 Å². The van der Waals surface area contributed by atoms with Crippen LogP contribution in [0, 0.1) is 5.92 Å². The number of thiophene rings is 1. The molecule has 1 fully saturated rings. The van der Waals surface area contributed by atoms with E-state index in [-0.39, 0.29) is 18.4 Å². The maximum Gasteiger partial charge on any atom is 0.320 e. The van der Waals surface area contributed by atoms with Gasteiger partial charge in [0.15, 0.2) is 0 Å². The number of carboxylic acids is 1. The van der Waals surface area contributed by atoms with Crippen molar-refractivity contribution in [3.63, 3.8) is 0 Å². The molecule has 1 saturated carbocycles. The number of carbonyl (C=O) groups is 2. The molecule has 2 N–H and O–H groups in total. The molecule has 0 radical (unpaired) electrons. The van der Waals surface area contributed by atoms with Gasteiger partial charge in [0.05, 0.1) is 13.1 Å². The smallest absolute Gasteiger partial charge is 0.320 e. The van der Waals surface area contributed by atoms with Crippen LogP contribution < -0.4 is 5.32 Å². The third-order valence-electron chi connectivity index (χ3n) is 3.23. The zero-order chi connectivity index (χ0) is 13.8. The van der Waals surface area contributed by atoms with Crippen molar-refractivity contribution in [2.75, 3.05) is 13.6 Å². The average molecular weight is 282 g/mol. The van der Waals surface area contributed by atoms with E-state index in [4.69, 9.17) is 5.11 Å². The Bertz CT molecular complexity index is 443. The van der Waals surface area contributed by atoms with E-state index in [1.807, 2.05) is 17.5 Å². The highest BCUT2D eigenvalue weighted by atomic mass is 32.1. The fraction of sp³-hybridized carbons (Fsp3) is 0.538. The third-order valence-corrected chi connectivity index (χ3v) is 4.09. The van der Waals surface area contributed by atoms with Gasteiger partial charge in [-0.05, 0) is 30.2 Å². The minimum absolute atomic E-state index is 0.0787. The fourth-order valence-electron chi connectivity index (χ4n) is 1.94. The molecule has 104 valence electrons. The normalized spacial score (nSPS) is 16.1. The van der Waals surface area contributed by atoms with Crippen LogP contribution in [0.1, 0.15) is 17.7 Å². The minimum atomic E-state index is -0.865. The van der Waals surface area contributed by atoms with E-state index in [9.17, 15) is 9.59 Å². The van der Waals surface area contributed by atoms with Crippen LogP contribution in [0.5, 0.6) is 0 Å². The first-order valence-corrected chi connectivity index (χ1v) is 7.18. The van der Waals surface area contributed by atoms with Gasteiger partial charge in [0.25, 0.3) is 0 Å². The quantitative estimate of drug-likeness (QED) is 0.787. The Kier molecular flexibility index (Phi) is 4.55. The van der Waals surface area contributed by atoms with E-state index in [0.717, 1.165) is 17.7 Å². The third kappa shape index (κ3) is 4.04. The lowest BCUT2D eigenvalue weighted by Crippen LogP contribution is -2.44. The summed E-state index contributed by atoms with van der Waals surface area (Å²) in [4.78, 5) is 25.7. The van der Waals surface area contributed by atoms with Gasteiger partial charge in [-0.25, -0.2) is 0 Å². The predicted octanol–water partition coefficient (Wildman–Crippen LogP) is 1.16. The van der Waals surface area contributed by atoms with Gasteiger partial charge in [0.1, 0.15) is 6.04 Å². The summed E-state index contributed by atoms with van der Waals surface area (Å²) in [6.45, 7) is 0.648. The van der Waals surface area contributed by atoms with Crippen LogP contribution in [-0.4, -0.2) is 41.5 Å². The molecule has 1 atom stereocenters. The van der Waals surface area contributed by atoms with Crippen molar-refractivity contribution in [3.8, 4) is 0 Å². The first-order chi connectivity index (χ1) is 9.08. The largest absolute Gasteiger partial charge is 0.480 e. The molecule has 19 heavy (non-hydrogen) atoms. The average Bonchev–Trinajstić information content (AvgIpc) is 3.06. The van der Waals surface area contributed by atoms with Crippen molar-refractivity contribution in [2.24, 2.45) is 5.92 Å². The van der Waals surface area contributed by atoms with Crippen molar-refractivity contribution in [3.05, 3.63) is 22.4 Å². The molecule has 0 spiro atoms. The van der Waals surface area contributed by atoms with E-state index in [1.54, 1.807) is 23.3 Å². The van der Waals surface area contributed by atoms with Crippen LogP contribution in [0.2, 0.25) is 0 Å². The second-order valence-electron chi connectivity index (χ2n) is 4.86. The van der Waals surface area contributed by atoms with E-state index in [0.29, 0.717) is 6.54 Å². The van der Waals surface area contributed by atoms with Crippen molar-refractivity contribution in [1.29, 1.82) is 0 Å². The zero-order valence-electron chi connectivity index (χ0n) is 10.8. The molecule has 0 aliphatic heterocycles. The van der Waals surface area contributed by atoms with Gasteiger partial charge >= 0.3 is 5.97 Å². The second kappa shape index (κ2) is 6.16. The molecular formula is C13H18N2O3S. The topological polar surface area (TPSA) is 69.6 Å². The van der Waals surface area contributed by atoms with Crippen LogP contribution in [0.25, 0.3) is 0 Å². The van der Waals surface area contributed by atoms with Gasteiger partial charge < -0.3 is 10.0 Å². The van der Waals surface area contributed by atoms with Gasteiger partial charge in [0.2, 0.25) is 5.91 Å². The van der Waals surface area contributed by atoms with Gasteiger partial charge in [-0.3, -0.25) is 14.9 Å². The standard InChI is InChI=1S/C13H18N2O3S/c1-15(8-10-3-2-6-19-10)11(16)7-14-12(13(17)18)9-4-5-9/h2-3,6,9,12,14H,4-5,7-8H2,1H3,(H,17,18). The highest BCUT2D eigenvalue weighted by Gasteiger charge is 2.36. The Morgan fingerprint density at radius 3 is 2.84 bits per heavy atom. The molecule has 1 heterocycles. The monoisotopic (exact) mass is 282 g/mol. The zero-order valence-corrected chi connectivity index (χ0v) is 11.7. The highest BCUT2D eigenvalue weighted by molar-refractivity contribution is 7.09. The van der Waals surface area contributed by atoms with Crippen molar-refractivity contribution in [1.82, 2.24) is 10.2 Å². The Hall–Kier alpha value is -1.40. The number of likely N-dealkylation sites (N-methyl/N-ethyl adjacent to an activating group) is 1. The van der Waals surface area contributed by atoms with E-state index >= 15 is 0 Å². The Morgan fingerprint density at radius 2 is 2.32 bits per heavy atom. The number of hydrogen-bond acceptors (Lipinski definition) is 4. The number of nitrogens with zero attached hydrogens (tertiary/aromatic N) is 1. The van der Waals surface area contributed by atoms with Crippen molar-refractivity contribution >= 4 is 23.2 Å². The number of aliphatic carboxylic acids is 1. The summed E-state index contributed by atoms with van der Waals surface area (Å²) in [5, 5.41) is 13.9. The lowest BCUT2D eigenvalue weighted by Gasteiger charge is -2.19. The first kappa shape index (κ1) is 14.0. The molecule has 1 aliphatic carbocycles. The SMILES string of the molecule is CN(Cc1cccs1)C(=O)CNC(C(=O)O)C1CC1. The molecule has 5 nitrogen and oxygen atoms in total.